The minimum Gasteiger partial charge on any atom is -0.320 e. The second-order valence-corrected chi connectivity index (χ2v) is 10.6. The Bertz CT molecular complexity index is 1190. The molecule has 7 nitrogen and oxygen atoms in total. The predicted molar refractivity (Wildman–Crippen MR) is 121 cm³/mol. The van der Waals surface area contributed by atoms with Crippen LogP contribution in [0.3, 0.4) is 0 Å². The molecule has 1 saturated heterocycles. The van der Waals surface area contributed by atoms with Gasteiger partial charge in [-0.2, -0.15) is 4.31 Å². The number of benzene rings is 2. The molecule has 0 radical (unpaired) electrons. The first-order valence-corrected chi connectivity index (χ1v) is 12.4. The summed E-state index contributed by atoms with van der Waals surface area (Å²) in [5.74, 6) is -0.390. The molecule has 1 fully saturated rings. The minimum absolute atomic E-state index is 0.0778. The number of nitrogens with one attached hydrogen (secondary N) is 1. The number of anilines is 1. The molecule has 1 aliphatic rings. The van der Waals surface area contributed by atoms with Gasteiger partial charge < -0.3 is 5.32 Å². The standard InChI is InChI=1S/C22H24N4O3S2/c1-15-9-11-18(12-10-15)23-20(27)22-25-24-21(30-22)17-7-5-13-26(14-17)31(28,29)19-8-4-3-6-16(19)2/h3-4,6,8-12,17H,5,7,13-14H2,1-2H3,(H,23,27)/t17-/m0/s1. The van der Waals surface area contributed by atoms with E-state index in [-0.39, 0.29) is 16.8 Å². The van der Waals surface area contributed by atoms with Crippen molar-refractivity contribution in [2.45, 2.75) is 37.5 Å². The van der Waals surface area contributed by atoms with Crippen molar-refractivity contribution >= 4 is 33.0 Å². The van der Waals surface area contributed by atoms with Crippen LogP contribution in [0.25, 0.3) is 0 Å². The van der Waals surface area contributed by atoms with Gasteiger partial charge >= 0.3 is 0 Å². The highest BCUT2D eigenvalue weighted by Gasteiger charge is 2.33. The number of aromatic nitrogens is 2. The second kappa shape index (κ2) is 8.86. The summed E-state index contributed by atoms with van der Waals surface area (Å²) in [6, 6.07) is 14.5. The van der Waals surface area contributed by atoms with E-state index in [0.717, 1.165) is 24.0 Å². The lowest BCUT2D eigenvalue weighted by molar-refractivity contribution is 0.102. The van der Waals surface area contributed by atoms with E-state index >= 15 is 0 Å². The Morgan fingerprint density at radius 2 is 1.84 bits per heavy atom. The molecule has 0 aliphatic carbocycles. The number of hydrogen-bond acceptors (Lipinski definition) is 6. The molecule has 1 aliphatic heterocycles. The molecule has 4 rings (SSSR count). The Morgan fingerprint density at radius 3 is 2.58 bits per heavy atom. The van der Waals surface area contributed by atoms with E-state index < -0.39 is 10.0 Å². The van der Waals surface area contributed by atoms with Crippen molar-refractivity contribution in [2.75, 3.05) is 18.4 Å². The summed E-state index contributed by atoms with van der Waals surface area (Å²) in [5, 5.41) is 12.1. The SMILES string of the molecule is Cc1ccc(NC(=O)c2nnc([C@H]3CCCN(S(=O)(=O)c4ccccc4C)C3)s2)cc1. The molecule has 3 aromatic rings. The number of sulfonamides is 1. The molecule has 0 bridgehead atoms. The third kappa shape index (κ3) is 4.68. The summed E-state index contributed by atoms with van der Waals surface area (Å²) in [4.78, 5) is 12.9. The van der Waals surface area contributed by atoms with Crippen molar-refractivity contribution in [3.8, 4) is 0 Å². The fourth-order valence-corrected chi connectivity index (χ4v) is 6.27. The van der Waals surface area contributed by atoms with Crippen LogP contribution in [0.1, 0.15) is 44.7 Å². The van der Waals surface area contributed by atoms with Crippen LogP contribution in [0.5, 0.6) is 0 Å². The predicted octanol–water partition coefficient (Wildman–Crippen LogP) is 3.98. The summed E-state index contributed by atoms with van der Waals surface area (Å²) in [6.07, 6.45) is 1.55. The first-order chi connectivity index (χ1) is 14.8. The van der Waals surface area contributed by atoms with Gasteiger partial charge in [-0.15, -0.1) is 10.2 Å². The smallest absolute Gasteiger partial charge is 0.286 e. The summed E-state index contributed by atoms with van der Waals surface area (Å²) in [6.45, 7) is 4.60. The van der Waals surface area contributed by atoms with Crippen LogP contribution < -0.4 is 5.32 Å². The van der Waals surface area contributed by atoms with Gasteiger partial charge in [-0.25, -0.2) is 8.42 Å². The topological polar surface area (TPSA) is 92.3 Å². The molecule has 162 valence electrons. The number of piperidine rings is 1. The van der Waals surface area contributed by atoms with Crippen LogP contribution in [0, 0.1) is 13.8 Å². The van der Waals surface area contributed by atoms with Gasteiger partial charge in [0.15, 0.2) is 0 Å². The van der Waals surface area contributed by atoms with E-state index in [4.69, 9.17) is 0 Å². The Labute approximate surface area is 186 Å². The maximum Gasteiger partial charge on any atom is 0.286 e. The fraction of sp³-hybridized carbons (Fsp3) is 0.318. The van der Waals surface area contributed by atoms with Crippen molar-refractivity contribution in [2.24, 2.45) is 0 Å². The van der Waals surface area contributed by atoms with E-state index in [1.807, 2.05) is 37.3 Å². The average molecular weight is 457 g/mol. The maximum absolute atomic E-state index is 13.2. The molecule has 1 N–H and O–H groups in total. The lowest BCUT2D eigenvalue weighted by Gasteiger charge is -2.31. The fourth-order valence-electron chi connectivity index (χ4n) is 3.66. The molecular formula is C22H24N4O3S2. The van der Waals surface area contributed by atoms with Crippen molar-refractivity contribution < 1.29 is 13.2 Å². The maximum atomic E-state index is 13.2. The lowest BCUT2D eigenvalue weighted by Crippen LogP contribution is -2.39. The van der Waals surface area contributed by atoms with E-state index in [1.165, 1.54) is 15.6 Å². The number of carbonyl (C=O) groups is 1. The molecule has 31 heavy (non-hydrogen) atoms. The number of hydrogen-bond donors (Lipinski definition) is 1. The Hall–Kier alpha value is -2.62. The van der Waals surface area contributed by atoms with Gasteiger partial charge in [-0.05, 0) is 50.5 Å². The highest BCUT2D eigenvalue weighted by Crippen LogP contribution is 2.32. The molecule has 0 spiro atoms. The Morgan fingerprint density at radius 1 is 1.10 bits per heavy atom. The van der Waals surface area contributed by atoms with E-state index in [9.17, 15) is 13.2 Å². The molecule has 1 atom stereocenters. The molecule has 1 amide bonds. The molecule has 9 heteroatoms. The number of amides is 1. The number of carbonyl (C=O) groups excluding carboxylic acids is 1. The van der Waals surface area contributed by atoms with Crippen LogP contribution >= 0.6 is 11.3 Å². The zero-order valence-electron chi connectivity index (χ0n) is 17.4. The average Bonchev–Trinajstić information content (AvgIpc) is 3.26. The van der Waals surface area contributed by atoms with Gasteiger partial charge in [0.2, 0.25) is 15.0 Å². The molecule has 2 aromatic carbocycles. The Balaban J connectivity index is 1.48. The normalized spacial score (nSPS) is 17.4. The van der Waals surface area contributed by atoms with Gasteiger partial charge in [-0.3, -0.25) is 4.79 Å². The molecule has 0 unspecified atom stereocenters. The molecule has 0 saturated carbocycles. The third-order valence-corrected chi connectivity index (χ3v) is 8.50. The molecule has 1 aromatic heterocycles. The number of aryl methyl sites for hydroxylation is 2. The zero-order valence-corrected chi connectivity index (χ0v) is 19.0. The van der Waals surface area contributed by atoms with Crippen molar-refractivity contribution in [3.63, 3.8) is 0 Å². The van der Waals surface area contributed by atoms with Crippen LogP contribution in [0.4, 0.5) is 5.69 Å². The van der Waals surface area contributed by atoms with E-state index in [1.54, 1.807) is 25.1 Å². The number of rotatable bonds is 5. The number of nitrogens with zero attached hydrogens (tertiary/aromatic N) is 3. The first-order valence-electron chi connectivity index (χ1n) is 10.1. The molecular weight excluding hydrogens is 432 g/mol. The Kier molecular flexibility index (Phi) is 6.17. The van der Waals surface area contributed by atoms with E-state index in [0.29, 0.717) is 28.7 Å². The summed E-state index contributed by atoms with van der Waals surface area (Å²) in [7, 11) is -3.58. The summed E-state index contributed by atoms with van der Waals surface area (Å²) < 4.78 is 27.8. The van der Waals surface area contributed by atoms with Crippen LogP contribution in [-0.4, -0.2) is 41.9 Å². The highest BCUT2D eigenvalue weighted by molar-refractivity contribution is 7.89. The third-order valence-electron chi connectivity index (χ3n) is 5.39. The largest absolute Gasteiger partial charge is 0.320 e. The monoisotopic (exact) mass is 456 g/mol. The van der Waals surface area contributed by atoms with E-state index in [2.05, 4.69) is 15.5 Å². The summed E-state index contributed by atoms with van der Waals surface area (Å²) >= 11 is 1.23. The quantitative estimate of drug-likeness (QED) is 0.627. The van der Waals surface area contributed by atoms with Crippen LogP contribution in [-0.2, 0) is 10.0 Å². The summed E-state index contributed by atoms with van der Waals surface area (Å²) in [5.41, 5.74) is 2.54. The van der Waals surface area contributed by atoms with Gasteiger partial charge in [-0.1, -0.05) is 47.2 Å². The van der Waals surface area contributed by atoms with Gasteiger partial charge in [0, 0.05) is 24.7 Å². The second-order valence-electron chi connectivity index (χ2n) is 7.73. The van der Waals surface area contributed by atoms with Gasteiger partial charge in [0.1, 0.15) is 5.01 Å². The first kappa shape index (κ1) is 21.6. The molecule has 2 heterocycles. The lowest BCUT2D eigenvalue weighted by atomic mass is 10.0. The zero-order chi connectivity index (χ0) is 22.0. The van der Waals surface area contributed by atoms with Gasteiger partial charge in [0.25, 0.3) is 5.91 Å². The van der Waals surface area contributed by atoms with Crippen LogP contribution in [0.2, 0.25) is 0 Å². The van der Waals surface area contributed by atoms with Crippen molar-refractivity contribution in [3.05, 3.63) is 69.7 Å². The minimum atomic E-state index is -3.58. The van der Waals surface area contributed by atoms with Gasteiger partial charge in [0.05, 0.1) is 4.90 Å². The highest BCUT2D eigenvalue weighted by atomic mass is 32.2. The van der Waals surface area contributed by atoms with Crippen molar-refractivity contribution in [1.82, 2.24) is 14.5 Å². The van der Waals surface area contributed by atoms with Crippen molar-refractivity contribution in [1.29, 1.82) is 0 Å². The van der Waals surface area contributed by atoms with Crippen LogP contribution in [0.15, 0.2) is 53.4 Å².